The van der Waals surface area contributed by atoms with Gasteiger partial charge in [-0.25, -0.2) is 9.97 Å². The fourth-order valence-corrected chi connectivity index (χ4v) is 1.49. The number of nitrogens with zero attached hydrogens (tertiary/aromatic N) is 2. The van der Waals surface area contributed by atoms with Crippen molar-refractivity contribution < 1.29 is 0 Å². The number of hydrogen-bond donors (Lipinski definition) is 1. The summed E-state index contributed by atoms with van der Waals surface area (Å²) in [4.78, 5) is 8.25. The Labute approximate surface area is 100 Å². The molecule has 0 aliphatic rings. The van der Waals surface area contributed by atoms with Crippen molar-refractivity contribution in [2.24, 2.45) is 0 Å². The summed E-state index contributed by atoms with van der Waals surface area (Å²) < 4.78 is 0. The largest absolute Gasteiger partial charge is 0.362 e. The molecule has 3 nitrogen and oxygen atoms in total. The minimum Gasteiger partial charge on any atom is -0.362 e. The van der Waals surface area contributed by atoms with Crippen LogP contribution in [-0.2, 0) is 6.42 Å². The zero-order chi connectivity index (χ0) is 11.3. The molecule has 0 saturated heterocycles. The van der Waals surface area contributed by atoms with Gasteiger partial charge in [0.1, 0.15) is 12.1 Å². The summed E-state index contributed by atoms with van der Waals surface area (Å²) in [6, 6.07) is 1.91. The van der Waals surface area contributed by atoms with Crippen LogP contribution in [0.3, 0.4) is 0 Å². The fourth-order valence-electron chi connectivity index (χ4n) is 1.07. The van der Waals surface area contributed by atoms with Gasteiger partial charge in [0.05, 0.1) is 5.54 Å². The number of nitrogens with one attached hydrogen (secondary N) is 1. The first kappa shape index (κ1) is 12.5. The SMILES string of the molecule is CCc1cc(NC(C)(CCl)CCl)ncn1. The van der Waals surface area contributed by atoms with E-state index in [1.165, 1.54) is 0 Å². The number of alkyl halides is 2. The number of hydrogen-bond acceptors (Lipinski definition) is 3. The fraction of sp³-hybridized carbons (Fsp3) is 0.600. The topological polar surface area (TPSA) is 37.8 Å². The molecule has 0 spiro atoms. The third kappa shape index (κ3) is 3.50. The van der Waals surface area contributed by atoms with E-state index in [1.807, 2.05) is 13.0 Å². The predicted molar refractivity (Wildman–Crippen MR) is 64.9 cm³/mol. The Morgan fingerprint density at radius 1 is 1.33 bits per heavy atom. The monoisotopic (exact) mass is 247 g/mol. The van der Waals surface area contributed by atoms with Crippen LogP contribution in [-0.4, -0.2) is 27.3 Å². The first-order valence-electron chi connectivity index (χ1n) is 4.84. The molecule has 1 aromatic heterocycles. The molecule has 0 unspecified atom stereocenters. The molecule has 1 N–H and O–H groups in total. The molecule has 0 aliphatic carbocycles. The van der Waals surface area contributed by atoms with Crippen molar-refractivity contribution in [3.63, 3.8) is 0 Å². The molecule has 0 bridgehead atoms. The minimum atomic E-state index is -0.331. The average Bonchev–Trinajstić information content (AvgIpc) is 2.29. The summed E-state index contributed by atoms with van der Waals surface area (Å²) in [7, 11) is 0. The second-order valence-corrected chi connectivity index (χ2v) is 4.24. The van der Waals surface area contributed by atoms with E-state index in [0.29, 0.717) is 11.8 Å². The zero-order valence-electron chi connectivity index (χ0n) is 8.93. The average molecular weight is 248 g/mol. The molecular weight excluding hydrogens is 233 g/mol. The second-order valence-electron chi connectivity index (χ2n) is 3.70. The number of anilines is 1. The first-order valence-corrected chi connectivity index (χ1v) is 5.91. The summed E-state index contributed by atoms with van der Waals surface area (Å²) in [5.74, 6) is 1.63. The Morgan fingerprint density at radius 3 is 2.53 bits per heavy atom. The summed E-state index contributed by atoms with van der Waals surface area (Å²) in [5, 5.41) is 3.21. The van der Waals surface area contributed by atoms with Crippen molar-refractivity contribution in [3.05, 3.63) is 18.1 Å². The van der Waals surface area contributed by atoms with Crippen molar-refractivity contribution in [1.82, 2.24) is 9.97 Å². The lowest BCUT2D eigenvalue weighted by atomic mass is 10.1. The maximum absolute atomic E-state index is 5.84. The van der Waals surface area contributed by atoms with Gasteiger partial charge in [-0.3, -0.25) is 0 Å². The lowest BCUT2D eigenvalue weighted by Crippen LogP contribution is -2.39. The Hall–Kier alpha value is -0.540. The Kier molecular flexibility index (Phi) is 4.61. The van der Waals surface area contributed by atoms with E-state index >= 15 is 0 Å². The highest BCUT2D eigenvalue weighted by Crippen LogP contribution is 2.16. The molecule has 0 radical (unpaired) electrons. The Balaban J connectivity index is 2.79. The Bertz CT molecular complexity index is 313. The zero-order valence-corrected chi connectivity index (χ0v) is 10.4. The molecule has 1 aromatic rings. The highest BCUT2D eigenvalue weighted by molar-refractivity contribution is 6.22. The lowest BCUT2D eigenvalue weighted by Gasteiger charge is -2.26. The first-order chi connectivity index (χ1) is 7.13. The van der Waals surface area contributed by atoms with Gasteiger partial charge in [0, 0.05) is 23.5 Å². The van der Waals surface area contributed by atoms with E-state index in [2.05, 4.69) is 22.2 Å². The normalized spacial score (nSPS) is 11.5. The van der Waals surface area contributed by atoms with Crippen molar-refractivity contribution in [2.75, 3.05) is 17.1 Å². The van der Waals surface area contributed by atoms with E-state index < -0.39 is 0 Å². The number of rotatable bonds is 5. The van der Waals surface area contributed by atoms with Gasteiger partial charge >= 0.3 is 0 Å². The Morgan fingerprint density at radius 2 is 2.00 bits per heavy atom. The number of aromatic nitrogens is 2. The molecule has 1 heterocycles. The van der Waals surface area contributed by atoms with Crippen molar-refractivity contribution in [2.45, 2.75) is 25.8 Å². The highest BCUT2D eigenvalue weighted by Gasteiger charge is 2.22. The molecule has 0 saturated carbocycles. The van der Waals surface area contributed by atoms with E-state index in [-0.39, 0.29) is 5.54 Å². The third-order valence-corrected chi connectivity index (χ3v) is 3.29. The highest BCUT2D eigenvalue weighted by atomic mass is 35.5. The van der Waals surface area contributed by atoms with Gasteiger partial charge in [-0.2, -0.15) is 0 Å². The molecule has 0 fully saturated rings. The molecule has 84 valence electrons. The van der Waals surface area contributed by atoms with Crippen LogP contribution in [0.1, 0.15) is 19.5 Å². The quantitative estimate of drug-likeness (QED) is 0.814. The van der Waals surface area contributed by atoms with Gasteiger partial charge in [0.25, 0.3) is 0 Å². The number of aryl methyl sites for hydroxylation is 1. The van der Waals surface area contributed by atoms with Crippen LogP contribution >= 0.6 is 23.2 Å². The van der Waals surface area contributed by atoms with E-state index in [4.69, 9.17) is 23.2 Å². The van der Waals surface area contributed by atoms with Gasteiger partial charge < -0.3 is 5.32 Å². The molecule has 0 atom stereocenters. The van der Waals surface area contributed by atoms with E-state index in [9.17, 15) is 0 Å². The predicted octanol–water partition coefficient (Wildman–Crippen LogP) is 2.69. The second kappa shape index (κ2) is 5.52. The van der Waals surface area contributed by atoms with Crippen molar-refractivity contribution >= 4 is 29.0 Å². The van der Waals surface area contributed by atoms with Gasteiger partial charge in [-0.05, 0) is 13.3 Å². The minimum absolute atomic E-state index is 0.331. The number of halogens is 2. The van der Waals surface area contributed by atoms with Gasteiger partial charge in [0.15, 0.2) is 0 Å². The summed E-state index contributed by atoms with van der Waals surface area (Å²) in [6.45, 7) is 4.01. The third-order valence-electron chi connectivity index (χ3n) is 2.11. The van der Waals surface area contributed by atoms with Crippen molar-refractivity contribution in [1.29, 1.82) is 0 Å². The molecular formula is C10H15Cl2N3. The van der Waals surface area contributed by atoms with Crippen LogP contribution in [0.25, 0.3) is 0 Å². The molecule has 0 amide bonds. The van der Waals surface area contributed by atoms with Crippen molar-refractivity contribution in [3.8, 4) is 0 Å². The maximum atomic E-state index is 5.84. The van der Waals surface area contributed by atoms with Gasteiger partial charge in [-0.15, -0.1) is 23.2 Å². The summed E-state index contributed by atoms with van der Waals surface area (Å²) in [6.07, 6.45) is 2.43. The molecule has 1 rings (SSSR count). The lowest BCUT2D eigenvalue weighted by molar-refractivity contribution is 0.644. The van der Waals surface area contributed by atoms with Crippen LogP contribution in [0.15, 0.2) is 12.4 Å². The molecule has 0 aromatic carbocycles. The molecule has 5 heteroatoms. The van der Waals surface area contributed by atoms with Crippen LogP contribution in [0.5, 0.6) is 0 Å². The summed E-state index contributed by atoms with van der Waals surface area (Å²) >= 11 is 11.7. The van der Waals surface area contributed by atoms with Crippen LogP contribution in [0, 0.1) is 0 Å². The van der Waals surface area contributed by atoms with E-state index in [0.717, 1.165) is 17.9 Å². The molecule has 15 heavy (non-hydrogen) atoms. The standard InChI is InChI=1S/C10H15Cl2N3/c1-3-8-4-9(14-7-13-8)15-10(2,5-11)6-12/h4,7H,3,5-6H2,1-2H3,(H,13,14,15). The summed E-state index contributed by atoms with van der Waals surface area (Å²) in [5.41, 5.74) is 0.668. The van der Waals surface area contributed by atoms with Crippen LogP contribution < -0.4 is 5.32 Å². The maximum Gasteiger partial charge on any atom is 0.130 e. The van der Waals surface area contributed by atoms with Gasteiger partial charge in [-0.1, -0.05) is 6.92 Å². The molecule has 0 aliphatic heterocycles. The smallest absolute Gasteiger partial charge is 0.130 e. The van der Waals surface area contributed by atoms with Crippen LogP contribution in [0.4, 0.5) is 5.82 Å². The van der Waals surface area contributed by atoms with E-state index in [1.54, 1.807) is 6.33 Å². The van der Waals surface area contributed by atoms with Crippen LogP contribution in [0.2, 0.25) is 0 Å². The van der Waals surface area contributed by atoms with Gasteiger partial charge in [0.2, 0.25) is 0 Å².